The Kier molecular flexibility index (Phi) is 5.00. The van der Waals surface area contributed by atoms with Crippen molar-refractivity contribution in [2.45, 2.75) is 32.6 Å². The third-order valence-corrected chi connectivity index (χ3v) is 4.02. The number of halogens is 3. The summed E-state index contributed by atoms with van der Waals surface area (Å²) in [6, 6.07) is 0.0321. The Hall–Kier alpha value is -1.70. The summed E-state index contributed by atoms with van der Waals surface area (Å²) in [5.41, 5.74) is 0.887. The van der Waals surface area contributed by atoms with Gasteiger partial charge < -0.3 is 14.6 Å². The van der Waals surface area contributed by atoms with Crippen molar-refractivity contribution >= 4 is 6.03 Å². The summed E-state index contributed by atoms with van der Waals surface area (Å²) >= 11 is 0. The summed E-state index contributed by atoms with van der Waals surface area (Å²) < 4.78 is 43.1. The number of alkyl halides is 3. The van der Waals surface area contributed by atoms with E-state index >= 15 is 0 Å². The summed E-state index contributed by atoms with van der Waals surface area (Å²) in [4.78, 5) is 14.9. The lowest BCUT2D eigenvalue weighted by Gasteiger charge is -2.38. The number of piperazine rings is 1. The molecule has 0 spiro atoms. The molecular weight excluding hydrogens is 299 g/mol. The highest BCUT2D eigenvalue weighted by molar-refractivity contribution is 5.74. The van der Waals surface area contributed by atoms with Crippen molar-refractivity contribution < 1.29 is 22.4 Å². The van der Waals surface area contributed by atoms with Crippen LogP contribution in [0.25, 0.3) is 0 Å². The zero-order valence-corrected chi connectivity index (χ0v) is 12.6. The van der Waals surface area contributed by atoms with Crippen LogP contribution >= 0.6 is 0 Å². The Morgan fingerprint density at radius 2 is 2.00 bits per heavy atom. The second-order valence-corrected chi connectivity index (χ2v) is 5.40. The van der Waals surface area contributed by atoms with Gasteiger partial charge in [0.15, 0.2) is 0 Å². The molecule has 1 saturated heterocycles. The van der Waals surface area contributed by atoms with E-state index in [4.69, 9.17) is 4.42 Å². The van der Waals surface area contributed by atoms with Crippen LogP contribution in [-0.2, 0) is 6.54 Å². The van der Waals surface area contributed by atoms with Crippen molar-refractivity contribution in [3.8, 4) is 0 Å². The molecular formula is C14H20F3N3O2. The number of hydrogen-bond donors (Lipinski definition) is 1. The van der Waals surface area contributed by atoms with Crippen LogP contribution in [-0.4, -0.2) is 54.2 Å². The number of furan rings is 1. The lowest BCUT2D eigenvalue weighted by molar-refractivity contribution is -0.181. The number of urea groups is 1. The minimum Gasteiger partial charge on any atom is -0.469 e. The maximum absolute atomic E-state index is 12.7. The number of amides is 2. The fraction of sp³-hybridized carbons (Fsp3) is 0.643. The summed E-state index contributed by atoms with van der Waals surface area (Å²) in [6.07, 6.45) is -2.68. The molecule has 1 aliphatic heterocycles. The van der Waals surface area contributed by atoms with Crippen molar-refractivity contribution in [3.05, 3.63) is 23.7 Å². The number of aryl methyl sites for hydroxylation is 1. The molecule has 1 aliphatic rings. The monoisotopic (exact) mass is 319 g/mol. The molecule has 1 N–H and O–H groups in total. The molecule has 1 fully saturated rings. The fourth-order valence-corrected chi connectivity index (χ4v) is 2.40. The molecule has 0 bridgehead atoms. The SMILES string of the molecule is Cc1occc1CNC(=O)N1CCN(C(C)C(F)(F)F)CC1. The number of carbonyl (C=O) groups excluding carboxylic acids is 1. The predicted octanol–water partition coefficient (Wildman–Crippen LogP) is 2.37. The number of nitrogens with zero attached hydrogens (tertiary/aromatic N) is 2. The smallest absolute Gasteiger partial charge is 0.403 e. The van der Waals surface area contributed by atoms with Crippen molar-refractivity contribution in [2.24, 2.45) is 0 Å². The van der Waals surface area contributed by atoms with Crippen LogP contribution in [0.3, 0.4) is 0 Å². The maximum Gasteiger partial charge on any atom is 0.403 e. The van der Waals surface area contributed by atoms with Crippen molar-refractivity contribution in [1.29, 1.82) is 0 Å². The minimum atomic E-state index is -4.23. The second kappa shape index (κ2) is 6.60. The highest BCUT2D eigenvalue weighted by Gasteiger charge is 2.41. The fourth-order valence-electron chi connectivity index (χ4n) is 2.40. The van der Waals surface area contributed by atoms with E-state index in [1.165, 1.54) is 9.80 Å². The van der Waals surface area contributed by atoms with Gasteiger partial charge in [0.05, 0.1) is 6.26 Å². The zero-order valence-electron chi connectivity index (χ0n) is 12.6. The van der Waals surface area contributed by atoms with Crippen LogP contribution in [0.2, 0.25) is 0 Å². The minimum absolute atomic E-state index is 0.221. The van der Waals surface area contributed by atoms with Gasteiger partial charge in [-0.1, -0.05) is 0 Å². The Balaban J connectivity index is 1.79. The quantitative estimate of drug-likeness (QED) is 0.930. The van der Waals surface area contributed by atoms with Crippen LogP contribution in [0.15, 0.2) is 16.7 Å². The van der Waals surface area contributed by atoms with Gasteiger partial charge in [-0.3, -0.25) is 4.90 Å². The molecule has 22 heavy (non-hydrogen) atoms. The molecule has 8 heteroatoms. The van der Waals surface area contributed by atoms with E-state index in [9.17, 15) is 18.0 Å². The van der Waals surface area contributed by atoms with E-state index in [1.54, 1.807) is 19.3 Å². The van der Waals surface area contributed by atoms with Crippen molar-refractivity contribution in [2.75, 3.05) is 26.2 Å². The molecule has 2 heterocycles. The number of carbonyl (C=O) groups is 1. The molecule has 0 radical (unpaired) electrons. The van der Waals surface area contributed by atoms with Gasteiger partial charge in [-0.15, -0.1) is 0 Å². The van der Waals surface area contributed by atoms with E-state index in [2.05, 4.69) is 5.32 Å². The molecule has 1 atom stereocenters. The van der Waals surface area contributed by atoms with Gasteiger partial charge in [-0.25, -0.2) is 4.79 Å². The summed E-state index contributed by atoms with van der Waals surface area (Å²) in [5.74, 6) is 0.740. The van der Waals surface area contributed by atoms with Gasteiger partial charge >= 0.3 is 12.2 Å². The van der Waals surface area contributed by atoms with Gasteiger partial charge in [-0.05, 0) is 19.9 Å². The van der Waals surface area contributed by atoms with Gasteiger partial charge in [0.2, 0.25) is 0 Å². The lowest BCUT2D eigenvalue weighted by atomic mass is 10.2. The molecule has 0 saturated carbocycles. The van der Waals surface area contributed by atoms with E-state index in [1.807, 2.05) is 0 Å². The zero-order chi connectivity index (χ0) is 16.3. The third kappa shape index (κ3) is 3.94. The third-order valence-electron chi connectivity index (χ3n) is 4.02. The standard InChI is InChI=1S/C14H20F3N3O2/c1-10-12(3-8-22-10)9-18-13(21)20-6-4-19(5-7-20)11(2)14(15,16)17/h3,8,11H,4-7,9H2,1-2H3,(H,18,21). The lowest BCUT2D eigenvalue weighted by Crippen LogP contribution is -2.56. The van der Waals surface area contributed by atoms with Gasteiger partial charge in [0.1, 0.15) is 11.8 Å². The Labute approximate surface area is 127 Å². The molecule has 2 amide bonds. The molecule has 1 aromatic heterocycles. The average molecular weight is 319 g/mol. The molecule has 0 aromatic carbocycles. The number of nitrogens with one attached hydrogen (secondary N) is 1. The van der Waals surface area contributed by atoms with E-state index in [-0.39, 0.29) is 32.2 Å². The van der Waals surface area contributed by atoms with Crippen LogP contribution in [0, 0.1) is 6.92 Å². The molecule has 1 unspecified atom stereocenters. The summed E-state index contributed by atoms with van der Waals surface area (Å²) in [6.45, 7) is 4.32. The van der Waals surface area contributed by atoms with Crippen molar-refractivity contribution in [3.63, 3.8) is 0 Å². The largest absolute Gasteiger partial charge is 0.469 e. The van der Waals surface area contributed by atoms with Gasteiger partial charge in [0, 0.05) is 38.3 Å². The van der Waals surface area contributed by atoms with Crippen LogP contribution < -0.4 is 5.32 Å². The van der Waals surface area contributed by atoms with Crippen molar-refractivity contribution in [1.82, 2.24) is 15.1 Å². The molecule has 124 valence electrons. The van der Waals surface area contributed by atoms with E-state index < -0.39 is 12.2 Å². The average Bonchev–Trinajstić information content (AvgIpc) is 2.88. The van der Waals surface area contributed by atoms with E-state index in [0.29, 0.717) is 6.54 Å². The first kappa shape index (κ1) is 16.7. The second-order valence-electron chi connectivity index (χ2n) is 5.40. The number of rotatable bonds is 3. The Morgan fingerprint density at radius 1 is 1.36 bits per heavy atom. The summed E-state index contributed by atoms with van der Waals surface area (Å²) in [7, 11) is 0. The molecule has 1 aromatic rings. The first-order valence-corrected chi connectivity index (χ1v) is 7.15. The van der Waals surface area contributed by atoms with Crippen LogP contribution in [0.4, 0.5) is 18.0 Å². The van der Waals surface area contributed by atoms with Gasteiger partial charge in [0.25, 0.3) is 0 Å². The van der Waals surface area contributed by atoms with E-state index in [0.717, 1.165) is 18.2 Å². The maximum atomic E-state index is 12.7. The predicted molar refractivity (Wildman–Crippen MR) is 74.3 cm³/mol. The highest BCUT2D eigenvalue weighted by atomic mass is 19.4. The summed E-state index contributed by atoms with van der Waals surface area (Å²) in [5, 5.41) is 2.76. The van der Waals surface area contributed by atoms with Crippen LogP contribution in [0.5, 0.6) is 0 Å². The topological polar surface area (TPSA) is 48.7 Å². The molecule has 5 nitrogen and oxygen atoms in total. The molecule has 0 aliphatic carbocycles. The number of hydrogen-bond acceptors (Lipinski definition) is 3. The highest BCUT2D eigenvalue weighted by Crippen LogP contribution is 2.25. The molecule has 2 rings (SSSR count). The van der Waals surface area contributed by atoms with Gasteiger partial charge in [-0.2, -0.15) is 13.2 Å². The first-order chi connectivity index (χ1) is 10.3. The first-order valence-electron chi connectivity index (χ1n) is 7.15. The normalized spacial score (nSPS) is 18.3. The van der Waals surface area contributed by atoms with Crippen LogP contribution in [0.1, 0.15) is 18.2 Å². The Morgan fingerprint density at radius 3 is 2.50 bits per heavy atom. The Bertz CT molecular complexity index is 508.